The van der Waals surface area contributed by atoms with Crippen LogP contribution in [0, 0.1) is 0 Å². The lowest BCUT2D eigenvalue weighted by atomic mass is 9.99. The quantitative estimate of drug-likeness (QED) is 0.0400. The number of rotatable bonds is 20. The molecule has 1 amide bonds. The molecule has 2 aliphatic heterocycles. The summed E-state index contributed by atoms with van der Waals surface area (Å²) in [5.74, 6) is 1.26. The molecule has 0 aliphatic carbocycles. The summed E-state index contributed by atoms with van der Waals surface area (Å²) in [7, 11) is 0. The fraction of sp³-hybridized carbons (Fsp3) is 0.458. The number of nitrogen functional groups attached to an aromatic ring is 1. The predicted molar refractivity (Wildman–Crippen MR) is 245 cm³/mol. The van der Waals surface area contributed by atoms with Crippen LogP contribution in [-0.2, 0) is 49.8 Å². The number of H-pyrrole nitrogens is 1. The van der Waals surface area contributed by atoms with E-state index in [4.69, 9.17) is 24.7 Å². The van der Waals surface area contributed by atoms with Gasteiger partial charge in [0.15, 0.2) is 40.9 Å². The Balaban J connectivity index is 0.993. The molecule has 6 aromatic rings. The van der Waals surface area contributed by atoms with Crippen LogP contribution in [0.25, 0.3) is 22.2 Å². The van der Waals surface area contributed by atoms with Crippen LogP contribution in [0.1, 0.15) is 55.4 Å². The zero-order chi connectivity index (χ0) is 47.2. The summed E-state index contributed by atoms with van der Waals surface area (Å²) < 4.78 is 27.7. The number of aliphatic hydroxyl groups excluding tert-OH is 6. The van der Waals surface area contributed by atoms with Gasteiger partial charge in [0.2, 0.25) is 6.41 Å². The number of carbonyl (C=O) groups is 1. The summed E-state index contributed by atoms with van der Waals surface area (Å²) in [6.07, 6.45) is -9.13. The summed E-state index contributed by atoms with van der Waals surface area (Å²) in [5.41, 5.74) is 11.7. The molecule has 19 heteroatoms. The number of benzene rings is 3. The molecule has 8 rings (SSSR count). The molecule has 358 valence electrons. The van der Waals surface area contributed by atoms with E-state index in [1.54, 1.807) is 41.4 Å². The second kappa shape index (κ2) is 21.7. The first-order valence-corrected chi connectivity index (χ1v) is 22.8. The molecule has 5 heterocycles. The molecule has 10 atom stereocenters. The summed E-state index contributed by atoms with van der Waals surface area (Å²) in [5, 5.41) is 67.8. The minimum absolute atomic E-state index is 0.127. The highest BCUT2D eigenvalue weighted by Gasteiger charge is 2.42. The zero-order valence-corrected chi connectivity index (χ0v) is 37.6. The van der Waals surface area contributed by atoms with Crippen LogP contribution in [0.15, 0.2) is 91.1 Å². The molecule has 0 bridgehead atoms. The number of hydrogen-bond donors (Lipinski definition) is 8. The number of nitrogens with zero attached hydrogens (tertiary/aromatic N) is 6. The van der Waals surface area contributed by atoms with Crippen LogP contribution in [0.2, 0.25) is 0 Å². The van der Waals surface area contributed by atoms with Crippen molar-refractivity contribution < 1.29 is 58.9 Å². The molecular formula is C48H61N8O11+. The van der Waals surface area contributed by atoms with Gasteiger partial charge in [0.05, 0.1) is 38.5 Å². The van der Waals surface area contributed by atoms with Gasteiger partial charge in [-0.05, 0) is 57.0 Å². The van der Waals surface area contributed by atoms with Crippen LogP contribution in [0.4, 0.5) is 11.6 Å². The van der Waals surface area contributed by atoms with Gasteiger partial charge in [-0.1, -0.05) is 66.7 Å². The van der Waals surface area contributed by atoms with Crippen molar-refractivity contribution in [3.05, 3.63) is 114 Å². The second-order valence-corrected chi connectivity index (χ2v) is 17.1. The van der Waals surface area contributed by atoms with E-state index >= 15 is 0 Å². The number of carbonyl (C=O) groups excluding carboxylic acids is 1. The average molecular weight is 926 g/mol. The van der Waals surface area contributed by atoms with Crippen LogP contribution < -0.4 is 15.2 Å². The number of hydrogen-bond acceptors (Lipinski definition) is 15. The van der Waals surface area contributed by atoms with Crippen molar-refractivity contribution in [2.45, 2.75) is 108 Å². The number of aliphatic hydroxyl groups is 6. The third kappa shape index (κ3) is 10.7. The van der Waals surface area contributed by atoms with Crippen LogP contribution in [0.5, 0.6) is 0 Å². The van der Waals surface area contributed by atoms with Crippen molar-refractivity contribution in [3.8, 4) is 0 Å². The van der Waals surface area contributed by atoms with Crippen molar-refractivity contribution in [2.24, 2.45) is 0 Å². The fourth-order valence-corrected chi connectivity index (χ4v) is 9.11. The van der Waals surface area contributed by atoms with E-state index in [0.29, 0.717) is 61.2 Å². The molecule has 3 aromatic carbocycles. The second-order valence-electron chi connectivity index (χ2n) is 17.1. The van der Waals surface area contributed by atoms with Gasteiger partial charge in [-0.25, -0.2) is 19.1 Å². The van der Waals surface area contributed by atoms with E-state index in [-0.39, 0.29) is 44.5 Å². The van der Waals surface area contributed by atoms with Gasteiger partial charge < -0.3 is 60.3 Å². The largest absolute Gasteiger partial charge is 0.389 e. The topological polar surface area (TPSA) is 258 Å². The maximum Gasteiger partial charge on any atom is 0.277 e. The van der Waals surface area contributed by atoms with E-state index in [0.717, 1.165) is 22.4 Å². The Labute approximate surface area is 387 Å². The van der Waals surface area contributed by atoms with E-state index in [1.165, 1.54) is 4.90 Å². The number of ether oxygens (including phenoxy) is 4. The minimum Gasteiger partial charge on any atom is -0.389 e. The van der Waals surface area contributed by atoms with E-state index in [9.17, 15) is 35.4 Å². The van der Waals surface area contributed by atoms with Crippen LogP contribution in [-0.4, -0.2) is 143 Å². The first-order valence-electron chi connectivity index (χ1n) is 22.8. The Hall–Kier alpha value is -5.42. The molecule has 2 fully saturated rings. The molecule has 2 unspecified atom stereocenters. The van der Waals surface area contributed by atoms with E-state index in [1.807, 2.05) is 56.3 Å². The number of nitrogens with one attached hydrogen (secondary N) is 1. The third-order valence-electron chi connectivity index (χ3n) is 12.6. The Kier molecular flexibility index (Phi) is 15.6. The Morgan fingerprint density at radius 1 is 0.851 bits per heavy atom. The monoisotopic (exact) mass is 925 g/mol. The van der Waals surface area contributed by atoms with Gasteiger partial charge in [0, 0.05) is 30.4 Å². The highest BCUT2D eigenvalue weighted by molar-refractivity contribution is 5.84. The molecule has 2 saturated heterocycles. The number of fused-ring (bicyclic) bond motifs is 2. The summed E-state index contributed by atoms with van der Waals surface area (Å²) in [6, 6.07) is 26.1. The Morgan fingerprint density at radius 3 is 2.00 bits per heavy atom. The molecule has 0 radical (unpaired) electrons. The van der Waals surface area contributed by atoms with Crippen molar-refractivity contribution in [1.82, 2.24) is 24.4 Å². The summed E-state index contributed by atoms with van der Waals surface area (Å²) in [6.45, 7) is 5.20. The van der Waals surface area contributed by atoms with Crippen LogP contribution >= 0.6 is 0 Å². The van der Waals surface area contributed by atoms with Gasteiger partial charge >= 0.3 is 0 Å². The first-order chi connectivity index (χ1) is 32.5. The highest BCUT2D eigenvalue weighted by Crippen LogP contribution is 2.31. The smallest absolute Gasteiger partial charge is 0.277 e. The van der Waals surface area contributed by atoms with Gasteiger partial charge in [-0.3, -0.25) is 14.6 Å². The molecular weight excluding hydrogens is 865 g/mol. The number of aromatic amines is 1. The summed E-state index contributed by atoms with van der Waals surface area (Å²) >= 11 is 0. The molecule has 0 saturated carbocycles. The SMILES string of the molecule is CCn1c(CN(C=O)c2nc3cc[nH]c3nc2N)[n+](CC)c2ccc(CCCN(C[C@H](O)[C@@H](O)[C@@H]3OC(c4ccccc4)OC[C@H]3O)C[C@H](O)[C@@H](O)[C@@H]3OC(c4ccccc4)OC[C@H]3O)cc21. The first kappa shape index (κ1) is 48.1. The number of anilines is 2. The lowest BCUT2D eigenvalue weighted by Gasteiger charge is -2.40. The Bertz CT molecular complexity index is 2470. The van der Waals surface area contributed by atoms with Gasteiger partial charge in [-0.15, -0.1) is 0 Å². The van der Waals surface area contributed by atoms with Crippen molar-refractivity contribution in [1.29, 1.82) is 0 Å². The van der Waals surface area contributed by atoms with E-state index < -0.39 is 61.4 Å². The highest BCUT2D eigenvalue weighted by atomic mass is 16.7. The van der Waals surface area contributed by atoms with Crippen LogP contribution in [0.3, 0.4) is 0 Å². The average Bonchev–Trinajstić information content (AvgIpc) is 3.93. The maximum absolute atomic E-state index is 12.6. The molecule has 0 spiro atoms. The Morgan fingerprint density at radius 2 is 1.45 bits per heavy atom. The molecule has 3 aromatic heterocycles. The van der Waals surface area contributed by atoms with Gasteiger partial charge in [-0.2, -0.15) is 0 Å². The van der Waals surface area contributed by atoms with Gasteiger partial charge in [0.25, 0.3) is 5.82 Å². The molecule has 2 aliphatic rings. The number of aromatic nitrogens is 5. The van der Waals surface area contributed by atoms with E-state index in [2.05, 4.69) is 36.2 Å². The lowest BCUT2D eigenvalue weighted by Crippen LogP contribution is -2.56. The summed E-state index contributed by atoms with van der Waals surface area (Å²) in [4.78, 5) is 27.8. The van der Waals surface area contributed by atoms with Crippen molar-refractivity contribution in [2.75, 3.05) is 43.5 Å². The molecule has 67 heavy (non-hydrogen) atoms. The predicted octanol–water partition coefficient (Wildman–Crippen LogP) is 1.61. The third-order valence-corrected chi connectivity index (χ3v) is 12.6. The normalized spacial score (nSPS) is 23.1. The molecule has 19 nitrogen and oxygen atoms in total. The maximum atomic E-state index is 12.6. The minimum atomic E-state index is -1.55. The molecule has 9 N–H and O–H groups in total. The van der Waals surface area contributed by atoms with Crippen molar-refractivity contribution in [3.63, 3.8) is 0 Å². The lowest BCUT2D eigenvalue weighted by molar-refractivity contribution is -0.676. The number of imidazole rings is 1. The fourth-order valence-electron chi connectivity index (χ4n) is 9.11. The number of aryl methyl sites for hydroxylation is 3. The standard InChI is InChI=1S/C48H61N8O11/c1-3-55-33-18-17-29(22-34(33)56(4-2)39(55)25-54(28-57)46-44(49)52-45-32(51-46)19-20-50-45)12-11-21-53(23-35(58)40(62)42-37(60)26-64-47(66-42)30-13-7-5-8-14-30)24-36(59)41(63)43-38(61)27-65-48(67-43)31-15-9-6-10-16-31/h5-10,13-20,22,28,35-38,40-43,47-48,58-63H,3-4,11-12,21,23-27H2,1-2H3,(H3,49,50,52)/q+1/t35-,36-,37+,38+,40+,41+,42+,43+,47?,48?/m0/s1. The number of amides is 1. The number of nitrogens with two attached hydrogens (primary N) is 1. The van der Waals surface area contributed by atoms with Gasteiger partial charge in [0.1, 0.15) is 48.7 Å². The zero-order valence-electron chi connectivity index (χ0n) is 37.6. The van der Waals surface area contributed by atoms with Crippen molar-refractivity contribution >= 4 is 40.2 Å².